The Morgan fingerprint density at radius 3 is 2.46 bits per heavy atom. The molecule has 1 aromatic carbocycles. The van der Waals surface area contributed by atoms with Gasteiger partial charge in [-0.1, -0.05) is 12.1 Å². The van der Waals surface area contributed by atoms with Gasteiger partial charge in [0.2, 0.25) is 0 Å². The SMILES string of the molecule is Cc1cccc(C(=O)[O-])c1[N+](=O)[O-]. The number of aryl methyl sites for hydroxylation is 1. The second-order valence-electron chi connectivity index (χ2n) is 2.52. The van der Waals surface area contributed by atoms with E-state index in [1.807, 2.05) is 0 Å². The summed E-state index contributed by atoms with van der Waals surface area (Å²) >= 11 is 0. The summed E-state index contributed by atoms with van der Waals surface area (Å²) in [5, 5.41) is 20.9. The molecule has 0 heterocycles. The maximum Gasteiger partial charge on any atom is 0.281 e. The van der Waals surface area contributed by atoms with Crippen molar-refractivity contribution in [1.82, 2.24) is 0 Å². The standard InChI is InChI=1S/C8H7NO4/c1-5-3-2-4-6(8(10)11)7(5)9(12)13/h2-4H,1H3,(H,10,11)/p-1. The lowest BCUT2D eigenvalue weighted by atomic mass is 10.1. The van der Waals surface area contributed by atoms with Crippen molar-refractivity contribution in [2.45, 2.75) is 6.92 Å². The third kappa shape index (κ3) is 1.64. The van der Waals surface area contributed by atoms with Crippen LogP contribution < -0.4 is 5.11 Å². The van der Waals surface area contributed by atoms with Gasteiger partial charge in [-0.05, 0) is 13.0 Å². The molecule has 13 heavy (non-hydrogen) atoms. The van der Waals surface area contributed by atoms with Gasteiger partial charge in [-0.15, -0.1) is 0 Å². The van der Waals surface area contributed by atoms with Gasteiger partial charge in [0.05, 0.1) is 16.5 Å². The zero-order valence-electron chi connectivity index (χ0n) is 6.81. The minimum Gasteiger partial charge on any atom is -0.545 e. The topological polar surface area (TPSA) is 83.3 Å². The van der Waals surface area contributed by atoms with Crippen LogP contribution in [-0.2, 0) is 0 Å². The second kappa shape index (κ2) is 3.22. The van der Waals surface area contributed by atoms with Gasteiger partial charge < -0.3 is 9.90 Å². The summed E-state index contributed by atoms with van der Waals surface area (Å²) in [5.41, 5.74) is -0.473. The Balaban J connectivity index is 3.43. The molecule has 0 aliphatic heterocycles. The molecule has 0 fully saturated rings. The fourth-order valence-electron chi connectivity index (χ4n) is 1.07. The molecule has 0 aromatic heterocycles. The summed E-state index contributed by atoms with van der Waals surface area (Å²) in [6.45, 7) is 1.48. The molecule has 0 spiro atoms. The molecular weight excluding hydrogens is 174 g/mol. The van der Waals surface area contributed by atoms with E-state index in [1.54, 1.807) is 0 Å². The first-order chi connectivity index (χ1) is 6.04. The molecule has 0 unspecified atom stereocenters. The van der Waals surface area contributed by atoms with E-state index in [0.717, 1.165) is 6.07 Å². The van der Waals surface area contributed by atoms with Crippen molar-refractivity contribution in [3.63, 3.8) is 0 Å². The quantitative estimate of drug-likeness (QED) is 0.483. The molecule has 0 bridgehead atoms. The largest absolute Gasteiger partial charge is 0.545 e. The lowest BCUT2D eigenvalue weighted by molar-refractivity contribution is -0.386. The van der Waals surface area contributed by atoms with E-state index in [-0.39, 0.29) is 5.56 Å². The Kier molecular flexibility index (Phi) is 2.27. The number of aromatic carboxylic acids is 1. The number of nitro benzene ring substituents is 1. The highest BCUT2D eigenvalue weighted by atomic mass is 16.6. The summed E-state index contributed by atoms with van der Waals surface area (Å²) in [6.07, 6.45) is 0. The van der Waals surface area contributed by atoms with E-state index < -0.39 is 16.6 Å². The maximum absolute atomic E-state index is 10.5. The van der Waals surface area contributed by atoms with Gasteiger partial charge in [-0.2, -0.15) is 0 Å². The lowest BCUT2D eigenvalue weighted by Gasteiger charge is -2.04. The summed E-state index contributed by atoms with van der Waals surface area (Å²) in [5.74, 6) is -1.53. The van der Waals surface area contributed by atoms with Crippen LogP contribution in [0.25, 0.3) is 0 Å². The average molecular weight is 180 g/mol. The Hall–Kier alpha value is -1.91. The molecule has 5 heteroatoms. The van der Waals surface area contributed by atoms with Gasteiger partial charge in [0.15, 0.2) is 0 Å². The summed E-state index contributed by atoms with van der Waals surface area (Å²) in [7, 11) is 0. The van der Waals surface area contributed by atoms with Crippen LogP contribution in [0, 0.1) is 17.0 Å². The Morgan fingerprint density at radius 2 is 2.08 bits per heavy atom. The number of carboxylic acid groups (broad SMARTS) is 1. The first-order valence-electron chi connectivity index (χ1n) is 3.49. The monoisotopic (exact) mass is 180 g/mol. The highest BCUT2D eigenvalue weighted by molar-refractivity contribution is 5.91. The number of rotatable bonds is 2. The van der Waals surface area contributed by atoms with Crippen LogP contribution >= 0.6 is 0 Å². The Morgan fingerprint density at radius 1 is 1.46 bits per heavy atom. The van der Waals surface area contributed by atoms with Gasteiger partial charge in [-0.3, -0.25) is 10.1 Å². The number of benzene rings is 1. The smallest absolute Gasteiger partial charge is 0.281 e. The molecule has 1 rings (SSSR count). The van der Waals surface area contributed by atoms with Crippen LogP contribution in [0.15, 0.2) is 18.2 Å². The number of carbonyl (C=O) groups excluding carboxylic acids is 1. The molecule has 0 aliphatic carbocycles. The molecule has 0 aliphatic rings. The van der Waals surface area contributed by atoms with E-state index in [1.165, 1.54) is 19.1 Å². The number of carbonyl (C=O) groups is 1. The lowest BCUT2D eigenvalue weighted by Crippen LogP contribution is -2.23. The molecular formula is C8H6NO4-. The fourth-order valence-corrected chi connectivity index (χ4v) is 1.07. The first kappa shape index (κ1) is 9.18. The number of hydrogen-bond acceptors (Lipinski definition) is 4. The molecule has 5 nitrogen and oxygen atoms in total. The molecule has 68 valence electrons. The van der Waals surface area contributed by atoms with Gasteiger partial charge in [0.1, 0.15) is 0 Å². The average Bonchev–Trinajstić information content (AvgIpc) is 2.02. The van der Waals surface area contributed by atoms with E-state index in [9.17, 15) is 20.0 Å². The second-order valence-corrected chi connectivity index (χ2v) is 2.52. The van der Waals surface area contributed by atoms with E-state index in [2.05, 4.69) is 0 Å². The molecule has 0 saturated heterocycles. The van der Waals surface area contributed by atoms with Crippen LogP contribution in [-0.4, -0.2) is 10.9 Å². The number of hydrogen-bond donors (Lipinski definition) is 0. The molecule has 0 saturated carbocycles. The minimum absolute atomic E-state index is 0.312. The van der Waals surface area contributed by atoms with Crippen LogP contribution in [0.1, 0.15) is 15.9 Å². The van der Waals surface area contributed by atoms with Gasteiger partial charge >= 0.3 is 0 Å². The fraction of sp³-hybridized carbons (Fsp3) is 0.125. The Bertz CT molecular complexity index is 372. The maximum atomic E-state index is 10.5. The van der Waals surface area contributed by atoms with E-state index >= 15 is 0 Å². The van der Waals surface area contributed by atoms with E-state index in [0.29, 0.717) is 5.56 Å². The Labute approximate surface area is 73.8 Å². The van der Waals surface area contributed by atoms with Crippen molar-refractivity contribution in [2.24, 2.45) is 0 Å². The number of nitrogens with zero attached hydrogens (tertiary/aromatic N) is 1. The van der Waals surface area contributed by atoms with Crippen molar-refractivity contribution in [3.05, 3.63) is 39.4 Å². The highest BCUT2D eigenvalue weighted by Crippen LogP contribution is 2.21. The zero-order chi connectivity index (χ0) is 10.0. The van der Waals surface area contributed by atoms with Gasteiger partial charge in [0.25, 0.3) is 5.69 Å². The molecule has 0 atom stereocenters. The van der Waals surface area contributed by atoms with Gasteiger partial charge in [0, 0.05) is 5.56 Å². The minimum atomic E-state index is -1.53. The molecule has 0 amide bonds. The third-order valence-electron chi connectivity index (χ3n) is 1.64. The highest BCUT2D eigenvalue weighted by Gasteiger charge is 2.16. The van der Waals surface area contributed by atoms with Crippen LogP contribution in [0.4, 0.5) is 5.69 Å². The van der Waals surface area contributed by atoms with E-state index in [4.69, 9.17) is 0 Å². The predicted octanol–water partition coefficient (Wildman–Crippen LogP) is 0.267. The van der Waals surface area contributed by atoms with Crippen molar-refractivity contribution in [2.75, 3.05) is 0 Å². The number of nitro groups is 1. The predicted molar refractivity (Wildman–Crippen MR) is 42.2 cm³/mol. The van der Waals surface area contributed by atoms with Crippen LogP contribution in [0.3, 0.4) is 0 Å². The van der Waals surface area contributed by atoms with Crippen molar-refractivity contribution < 1.29 is 14.8 Å². The molecule has 1 aromatic rings. The van der Waals surface area contributed by atoms with Crippen LogP contribution in [0.5, 0.6) is 0 Å². The van der Waals surface area contributed by atoms with Crippen molar-refractivity contribution in [3.8, 4) is 0 Å². The number of para-hydroxylation sites is 1. The summed E-state index contributed by atoms with van der Waals surface area (Å²) in [4.78, 5) is 20.2. The number of carboxylic acids is 1. The molecule has 0 N–H and O–H groups in total. The normalized spacial score (nSPS) is 9.62. The first-order valence-corrected chi connectivity index (χ1v) is 3.49. The molecule has 0 radical (unpaired) electrons. The van der Waals surface area contributed by atoms with Crippen molar-refractivity contribution >= 4 is 11.7 Å². The van der Waals surface area contributed by atoms with Crippen LogP contribution in [0.2, 0.25) is 0 Å². The third-order valence-corrected chi connectivity index (χ3v) is 1.64. The zero-order valence-corrected chi connectivity index (χ0v) is 6.81. The van der Waals surface area contributed by atoms with Gasteiger partial charge in [-0.25, -0.2) is 0 Å². The summed E-state index contributed by atoms with van der Waals surface area (Å²) in [6, 6.07) is 4.07. The van der Waals surface area contributed by atoms with Crippen molar-refractivity contribution in [1.29, 1.82) is 0 Å². The summed E-state index contributed by atoms with van der Waals surface area (Å²) < 4.78 is 0.